The molecule has 0 bridgehead atoms. The van der Waals surface area contributed by atoms with Crippen molar-refractivity contribution in [3.8, 4) is 0 Å². The van der Waals surface area contributed by atoms with Gasteiger partial charge in [0, 0.05) is 17.5 Å². The summed E-state index contributed by atoms with van der Waals surface area (Å²) in [5.41, 5.74) is 0.261. The zero-order valence-electron chi connectivity index (χ0n) is 12.2. The third-order valence-electron chi connectivity index (χ3n) is 3.86. The number of rotatable bonds is 5. The quantitative estimate of drug-likeness (QED) is 0.848. The summed E-state index contributed by atoms with van der Waals surface area (Å²) in [6.45, 7) is 2.98. The number of piperidine rings is 1. The number of likely N-dealkylation sites (tertiary alicyclic amines) is 1. The molecular formula is C16H21NO3S. The number of carbonyl (C=O) groups excluding carboxylic acids is 1. The van der Waals surface area contributed by atoms with Crippen molar-refractivity contribution in [1.29, 1.82) is 0 Å². The number of carboxylic acid groups (broad SMARTS) is 1. The van der Waals surface area contributed by atoms with E-state index in [9.17, 15) is 9.59 Å². The first-order valence-corrected chi connectivity index (χ1v) is 8.36. The van der Waals surface area contributed by atoms with Crippen LogP contribution in [0.1, 0.15) is 43.0 Å². The molecule has 0 saturated carbocycles. The van der Waals surface area contributed by atoms with Crippen molar-refractivity contribution in [3.63, 3.8) is 0 Å². The first-order valence-electron chi connectivity index (χ1n) is 7.37. The normalized spacial score (nSPS) is 18.5. The number of aromatic carboxylic acids is 1. The maximum atomic E-state index is 12.3. The number of nitrogens with zero attached hydrogens (tertiary/aromatic N) is 1. The van der Waals surface area contributed by atoms with Gasteiger partial charge >= 0.3 is 5.97 Å². The van der Waals surface area contributed by atoms with Gasteiger partial charge in [-0.2, -0.15) is 0 Å². The van der Waals surface area contributed by atoms with Gasteiger partial charge in [0.25, 0.3) is 0 Å². The Balaban J connectivity index is 1.94. The van der Waals surface area contributed by atoms with Gasteiger partial charge < -0.3 is 10.0 Å². The second-order valence-electron chi connectivity index (χ2n) is 5.27. The highest BCUT2D eigenvalue weighted by Crippen LogP contribution is 2.23. The summed E-state index contributed by atoms with van der Waals surface area (Å²) in [5, 5.41) is 8.97. The molecule has 1 atom stereocenters. The lowest BCUT2D eigenvalue weighted by molar-refractivity contribution is -0.132. The van der Waals surface area contributed by atoms with Crippen molar-refractivity contribution in [2.45, 2.75) is 43.5 Å². The van der Waals surface area contributed by atoms with Crippen molar-refractivity contribution in [2.24, 2.45) is 0 Å². The summed E-state index contributed by atoms with van der Waals surface area (Å²) >= 11 is 1.41. The van der Waals surface area contributed by atoms with Crippen molar-refractivity contribution < 1.29 is 14.7 Å². The first-order chi connectivity index (χ1) is 10.1. The fourth-order valence-electron chi connectivity index (χ4n) is 2.70. The van der Waals surface area contributed by atoms with E-state index in [2.05, 4.69) is 6.92 Å². The zero-order chi connectivity index (χ0) is 15.2. The van der Waals surface area contributed by atoms with Crippen molar-refractivity contribution in [3.05, 3.63) is 29.8 Å². The minimum Gasteiger partial charge on any atom is -0.478 e. The maximum absolute atomic E-state index is 12.3. The van der Waals surface area contributed by atoms with Gasteiger partial charge in [-0.3, -0.25) is 4.79 Å². The Kier molecular flexibility index (Phi) is 5.67. The highest BCUT2D eigenvalue weighted by Gasteiger charge is 2.24. The number of carbonyl (C=O) groups is 2. The van der Waals surface area contributed by atoms with Gasteiger partial charge in [-0.05, 0) is 43.9 Å². The summed E-state index contributed by atoms with van der Waals surface area (Å²) < 4.78 is 0. The topological polar surface area (TPSA) is 57.6 Å². The van der Waals surface area contributed by atoms with Crippen LogP contribution in [0.3, 0.4) is 0 Å². The molecule has 1 heterocycles. The number of benzene rings is 1. The van der Waals surface area contributed by atoms with Crippen LogP contribution in [-0.4, -0.2) is 40.2 Å². The molecule has 0 spiro atoms. The fraction of sp³-hybridized carbons (Fsp3) is 0.500. The molecule has 1 fully saturated rings. The van der Waals surface area contributed by atoms with Crippen LogP contribution < -0.4 is 0 Å². The highest BCUT2D eigenvalue weighted by molar-refractivity contribution is 8.00. The van der Waals surface area contributed by atoms with Crippen LogP contribution in [0, 0.1) is 0 Å². The van der Waals surface area contributed by atoms with Crippen LogP contribution in [0.25, 0.3) is 0 Å². The minimum absolute atomic E-state index is 0.160. The summed E-state index contributed by atoms with van der Waals surface area (Å²) in [5.74, 6) is -0.405. The van der Waals surface area contributed by atoms with E-state index in [4.69, 9.17) is 5.11 Å². The predicted octanol–water partition coefficient (Wildman–Crippen LogP) is 3.27. The lowest BCUT2D eigenvalue weighted by atomic mass is 10.0. The Hall–Kier alpha value is -1.49. The second-order valence-corrected chi connectivity index (χ2v) is 6.32. The lowest BCUT2D eigenvalue weighted by Crippen LogP contribution is -2.44. The van der Waals surface area contributed by atoms with E-state index in [1.54, 1.807) is 18.2 Å². The third kappa shape index (κ3) is 4.24. The highest BCUT2D eigenvalue weighted by atomic mass is 32.2. The van der Waals surface area contributed by atoms with Crippen LogP contribution >= 0.6 is 11.8 Å². The molecular weight excluding hydrogens is 286 g/mol. The minimum atomic E-state index is -0.939. The molecule has 1 saturated heterocycles. The van der Waals surface area contributed by atoms with E-state index in [-0.39, 0.29) is 11.5 Å². The molecule has 1 N–H and O–H groups in total. The van der Waals surface area contributed by atoms with E-state index in [0.29, 0.717) is 11.8 Å². The van der Waals surface area contributed by atoms with E-state index < -0.39 is 5.97 Å². The molecule has 5 heteroatoms. The molecule has 1 aliphatic heterocycles. The number of hydrogen-bond acceptors (Lipinski definition) is 3. The Labute approximate surface area is 129 Å². The number of amides is 1. The number of carboxylic acids is 1. The second kappa shape index (κ2) is 7.50. The van der Waals surface area contributed by atoms with Crippen LogP contribution in [0.4, 0.5) is 0 Å². The molecule has 114 valence electrons. The largest absolute Gasteiger partial charge is 0.478 e. The number of hydrogen-bond donors (Lipinski definition) is 1. The number of thioether (sulfide) groups is 1. The van der Waals surface area contributed by atoms with Gasteiger partial charge in [-0.1, -0.05) is 13.0 Å². The van der Waals surface area contributed by atoms with Gasteiger partial charge in [0.2, 0.25) is 5.91 Å². The Bertz CT molecular complexity index is 518. The molecule has 4 nitrogen and oxygen atoms in total. The lowest BCUT2D eigenvalue weighted by Gasteiger charge is -2.35. The molecule has 1 aromatic rings. The monoisotopic (exact) mass is 307 g/mol. The van der Waals surface area contributed by atoms with Crippen molar-refractivity contribution in [2.75, 3.05) is 12.3 Å². The molecule has 1 unspecified atom stereocenters. The molecule has 1 aliphatic rings. The van der Waals surface area contributed by atoms with Crippen LogP contribution in [0.5, 0.6) is 0 Å². The van der Waals surface area contributed by atoms with Crippen LogP contribution in [-0.2, 0) is 4.79 Å². The fourth-order valence-corrected chi connectivity index (χ4v) is 3.54. The molecule has 0 aromatic heterocycles. The van der Waals surface area contributed by atoms with Crippen LogP contribution in [0.15, 0.2) is 29.2 Å². The smallest absolute Gasteiger partial charge is 0.335 e. The summed E-state index contributed by atoms with van der Waals surface area (Å²) in [6.07, 6.45) is 4.39. The Morgan fingerprint density at radius 2 is 2.19 bits per heavy atom. The molecule has 21 heavy (non-hydrogen) atoms. The molecule has 1 aromatic carbocycles. The Morgan fingerprint density at radius 1 is 1.38 bits per heavy atom. The van der Waals surface area contributed by atoms with Gasteiger partial charge in [-0.15, -0.1) is 11.8 Å². The Morgan fingerprint density at radius 3 is 2.90 bits per heavy atom. The van der Waals surface area contributed by atoms with E-state index in [1.165, 1.54) is 18.2 Å². The zero-order valence-corrected chi connectivity index (χ0v) is 13.1. The molecule has 0 radical (unpaired) electrons. The van der Waals surface area contributed by atoms with E-state index >= 15 is 0 Å². The third-order valence-corrected chi connectivity index (χ3v) is 4.84. The van der Waals surface area contributed by atoms with Gasteiger partial charge in [0.15, 0.2) is 0 Å². The maximum Gasteiger partial charge on any atom is 0.335 e. The van der Waals surface area contributed by atoms with Crippen LogP contribution in [0.2, 0.25) is 0 Å². The SMILES string of the molecule is CCC1CCCCN1C(=O)CSc1cccc(C(=O)O)c1. The first kappa shape index (κ1) is 15.9. The average molecular weight is 307 g/mol. The molecule has 0 aliphatic carbocycles. The van der Waals surface area contributed by atoms with Gasteiger partial charge in [-0.25, -0.2) is 4.79 Å². The van der Waals surface area contributed by atoms with Crippen molar-refractivity contribution in [1.82, 2.24) is 4.90 Å². The van der Waals surface area contributed by atoms with E-state index in [1.807, 2.05) is 11.0 Å². The summed E-state index contributed by atoms with van der Waals surface area (Å²) in [4.78, 5) is 26.1. The van der Waals surface area contributed by atoms with Gasteiger partial charge in [0.05, 0.1) is 11.3 Å². The summed E-state index contributed by atoms with van der Waals surface area (Å²) in [6, 6.07) is 7.11. The van der Waals surface area contributed by atoms with E-state index in [0.717, 1.165) is 30.7 Å². The van der Waals surface area contributed by atoms with Crippen molar-refractivity contribution >= 4 is 23.6 Å². The standard InChI is InChI=1S/C16H21NO3S/c1-2-13-7-3-4-9-17(13)15(18)11-21-14-8-5-6-12(10-14)16(19)20/h5-6,8,10,13H,2-4,7,9,11H2,1H3,(H,19,20). The molecule has 1 amide bonds. The van der Waals surface area contributed by atoms with Gasteiger partial charge in [0.1, 0.15) is 0 Å². The predicted molar refractivity (Wildman–Crippen MR) is 83.8 cm³/mol. The molecule has 2 rings (SSSR count). The average Bonchev–Trinajstić information content (AvgIpc) is 2.52. The summed E-state index contributed by atoms with van der Waals surface area (Å²) in [7, 11) is 0.